The molecule has 1 heterocycles. The summed E-state index contributed by atoms with van der Waals surface area (Å²) in [5, 5.41) is 3.71. The van der Waals surface area contributed by atoms with Gasteiger partial charge in [0.25, 0.3) is 0 Å². The molecule has 1 amide bonds. The summed E-state index contributed by atoms with van der Waals surface area (Å²) < 4.78 is 5.49. The van der Waals surface area contributed by atoms with Gasteiger partial charge < -0.3 is 15.0 Å². The first kappa shape index (κ1) is 17.4. The number of hydrogen-bond donors (Lipinski definition) is 2. The van der Waals surface area contributed by atoms with Crippen molar-refractivity contribution in [2.24, 2.45) is 0 Å². The lowest BCUT2D eigenvalue weighted by Crippen LogP contribution is -2.15. The summed E-state index contributed by atoms with van der Waals surface area (Å²) in [5.41, 5.74) is 4.78. The number of aromatic amines is 1. The van der Waals surface area contributed by atoms with E-state index in [-0.39, 0.29) is 5.91 Å². The van der Waals surface area contributed by atoms with Crippen molar-refractivity contribution in [2.75, 3.05) is 17.7 Å². The number of hydrogen-bond acceptors (Lipinski definition) is 4. The highest BCUT2D eigenvalue weighted by atomic mass is 32.2. The van der Waals surface area contributed by atoms with Gasteiger partial charge in [-0.1, -0.05) is 30.0 Å². The van der Waals surface area contributed by atoms with Crippen LogP contribution in [0.5, 0.6) is 5.75 Å². The Bertz CT molecular complexity index is 885. The minimum absolute atomic E-state index is 0.0436. The number of para-hydroxylation sites is 1. The van der Waals surface area contributed by atoms with Crippen LogP contribution >= 0.6 is 11.8 Å². The summed E-state index contributed by atoms with van der Waals surface area (Å²) in [5.74, 6) is 1.06. The zero-order chi connectivity index (χ0) is 17.8. The van der Waals surface area contributed by atoms with Crippen molar-refractivity contribution in [2.45, 2.75) is 25.9 Å². The van der Waals surface area contributed by atoms with Gasteiger partial charge in [0, 0.05) is 11.8 Å². The van der Waals surface area contributed by atoms with Gasteiger partial charge in [-0.2, -0.15) is 0 Å². The summed E-state index contributed by atoms with van der Waals surface area (Å²) in [7, 11) is 0. The third kappa shape index (κ3) is 4.14. The molecule has 0 radical (unpaired) electrons. The molecule has 0 atom stereocenters. The molecule has 0 spiro atoms. The number of carbonyl (C=O) groups excluding carboxylic acids is 1. The van der Waals surface area contributed by atoms with Gasteiger partial charge in [0.05, 0.1) is 23.4 Å². The third-order valence-electron chi connectivity index (χ3n) is 3.83. The first-order chi connectivity index (χ1) is 12.1. The fraction of sp³-hybridized carbons (Fsp3) is 0.263. The van der Waals surface area contributed by atoms with Crippen LogP contribution in [0.2, 0.25) is 0 Å². The molecule has 0 saturated heterocycles. The van der Waals surface area contributed by atoms with Crippen LogP contribution in [0.15, 0.2) is 41.6 Å². The summed E-state index contributed by atoms with van der Waals surface area (Å²) in [6.07, 6.45) is 0. The molecule has 3 aromatic rings. The lowest BCUT2D eigenvalue weighted by Gasteiger charge is -2.10. The predicted octanol–water partition coefficient (Wildman–Crippen LogP) is 4.31. The van der Waals surface area contributed by atoms with Crippen molar-refractivity contribution in [3.63, 3.8) is 0 Å². The van der Waals surface area contributed by atoms with E-state index in [1.165, 1.54) is 11.8 Å². The van der Waals surface area contributed by atoms with Crippen LogP contribution in [0.1, 0.15) is 18.1 Å². The number of rotatable bonds is 6. The van der Waals surface area contributed by atoms with Crippen LogP contribution in [0.4, 0.5) is 5.69 Å². The third-order valence-corrected chi connectivity index (χ3v) is 4.70. The van der Waals surface area contributed by atoms with Gasteiger partial charge in [0.2, 0.25) is 5.91 Å². The number of H-pyrrole nitrogens is 1. The van der Waals surface area contributed by atoms with Crippen LogP contribution in [0.25, 0.3) is 11.0 Å². The van der Waals surface area contributed by atoms with Crippen LogP contribution in [-0.2, 0) is 4.79 Å². The zero-order valence-corrected chi connectivity index (χ0v) is 15.4. The van der Waals surface area contributed by atoms with E-state index in [1.807, 2.05) is 57.2 Å². The molecule has 5 nitrogen and oxygen atoms in total. The van der Waals surface area contributed by atoms with Gasteiger partial charge in [-0.05, 0) is 44.0 Å². The minimum atomic E-state index is -0.0436. The molecular formula is C19H21N3O2S. The van der Waals surface area contributed by atoms with Crippen LogP contribution < -0.4 is 10.1 Å². The number of nitrogens with zero attached hydrogens (tertiary/aromatic N) is 1. The number of fused-ring (bicyclic) bond motifs is 1. The van der Waals surface area contributed by atoms with Crippen molar-refractivity contribution in [3.05, 3.63) is 47.5 Å². The Kier molecular flexibility index (Phi) is 5.28. The molecule has 0 aliphatic heterocycles. The Hall–Kier alpha value is -2.47. The van der Waals surface area contributed by atoms with E-state index in [9.17, 15) is 4.79 Å². The molecule has 0 fully saturated rings. The Morgan fingerprint density at radius 3 is 2.72 bits per heavy atom. The Morgan fingerprint density at radius 2 is 2.00 bits per heavy atom. The van der Waals surface area contributed by atoms with Gasteiger partial charge in [0.1, 0.15) is 5.75 Å². The molecule has 0 unspecified atom stereocenters. The molecule has 0 aliphatic carbocycles. The molecule has 6 heteroatoms. The first-order valence-electron chi connectivity index (χ1n) is 8.18. The van der Waals surface area contributed by atoms with Gasteiger partial charge in [-0.15, -0.1) is 0 Å². The second-order valence-corrected chi connectivity index (χ2v) is 6.72. The van der Waals surface area contributed by atoms with Gasteiger partial charge in [-0.3, -0.25) is 4.79 Å². The topological polar surface area (TPSA) is 67.0 Å². The number of amides is 1. The summed E-state index contributed by atoms with van der Waals surface area (Å²) in [4.78, 5) is 20.0. The van der Waals surface area contributed by atoms with Crippen LogP contribution in [-0.4, -0.2) is 28.2 Å². The molecule has 3 rings (SSSR count). The van der Waals surface area contributed by atoms with E-state index >= 15 is 0 Å². The van der Waals surface area contributed by atoms with Crippen molar-refractivity contribution < 1.29 is 9.53 Å². The zero-order valence-electron chi connectivity index (χ0n) is 14.6. The number of thioether (sulfide) groups is 1. The van der Waals surface area contributed by atoms with E-state index in [0.29, 0.717) is 12.4 Å². The monoisotopic (exact) mass is 355 g/mol. The van der Waals surface area contributed by atoms with Crippen LogP contribution in [0, 0.1) is 13.8 Å². The Balaban J connectivity index is 1.65. The lowest BCUT2D eigenvalue weighted by atomic mass is 10.1. The van der Waals surface area contributed by atoms with E-state index < -0.39 is 0 Å². The van der Waals surface area contributed by atoms with Gasteiger partial charge in [0.15, 0.2) is 5.16 Å². The molecule has 2 aromatic carbocycles. The number of carbonyl (C=O) groups is 1. The van der Waals surface area contributed by atoms with E-state index in [1.54, 1.807) is 0 Å². The molecule has 25 heavy (non-hydrogen) atoms. The number of benzene rings is 2. The van der Waals surface area contributed by atoms with Crippen molar-refractivity contribution in [1.82, 2.24) is 9.97 Å². The maximum absolute atomic E-state index is 12.3. The maximum Gasteiger partial charge on any atom is 0.234 e. The maximum atomic E-state index is 12.3. The quantitative estimate of drug-likeness (QED) is 0.647. The molecule has 0 aliphatic rings. The largest absolute Gasteiger partial charge is 0.494 e. The smallest absolute Gasteiger partial charge is 0.234 e. The number of anilines is 1. The number of imidazole rings is 1. The average molecular weight is 355 g/mol. The normalized spacial score (nSPS) is 10.8. The van der Waals surface area contributed by atoms with Crippen molar-refractivity contribution in [3.8, 4) is 5.75 Å². The van der Waals surface area contributed by atoms with E-state index in [4.69, 9.17) is 4.74 Å². The second kappa shape index (κ2) is 7.61. The highest BCUT2D eigenvalue weighted by molar-refractivity contribution is 7.99. The molecule has 0 bridgehead atoms. The Morgan fingerprint density at radius 1 is 1.24 bits per heavy atom. The van der Waals surface area contributed by atoms with Crippen LogP contribution in [0.3, 0.4) is 0 Å². The summed E-state index contributed by atoms with van der Waals surface area (Å²) >= 11 is 1.38. The molecular weight excluding hydrogens is 334 g/mol. The molecule has 130 valence electrons. The van der Waals surface area contributed by atoms with Gasteiger partial charge >= 0.3 is 0 Å². The second-order valence-electron chi connectivity index (χ2n) is 5.76. The van der Waals surface area contributed by atoms with Crippen molar-refractivity contribution >= 4 is 34.4 Å². The molecule has 0 saturated carbocycles. The van der Waals surface area contributed by atoms with Gasteiger partial charge in [-0.25, -0.2) is 4.98 Å². The number of aromatic nitrogens is 2. The minimum Gasteiger partial charge on any atom is -0.494 e. The fourth-order valence-electron chi connectivity index (χ4n) is 2.61. The predicted molar refractivity (Wildman–Crippen MR) is 103 cm³/mol. The summed E-state index contributed by atoms with van der Waals surface area (Å²) in [6, 6.07) is 11.7. The average Bonchev–Trinajstić information content (AvgIpc) is 2.99. The van der Waals surface area contributed by atoms with E-state index in [0.717, 1.165) is 38.8 Å². The lowest BCUT2D eigenvalue weighted by molar-refractivity contribution is -0.113. The molecule has 2 N–H and O–H groups in total. The summed E-state index contributed by atoms with van der Waals surface area (Å²) in [6.45, 7) is 6.56. The fourth-order valence-corrected chi connectivity index (χ4v) is 3.30. The van der Waals surface area contributed by atoms with E-state index in [2.05, 4.69) is 15.3 Å². The van der Waals surface area contributed by atoms with Crippen molar-refractivity contribution in [1.29, 1.82) is 0 Å². The first-order valence-corrected chi connectivity index (χ1v) is 9.17. The highest BCUT2D eigenvalue weighted by Gasteiger charge is 2.10. The number of aryl methyl sites for hydroxylation is 2. The highest BCUT2D eigenvalue weighted by Crippen LogP contribution is 2.24. The number of nitrogens with one attached hydrogen (secondary N) is 2. The standard InChI is InChI=1S/C19H21N3O2S/c1-4-24-14-8-9-15-16(10-14)21-19(20-15)25-11-17(23)22-18-12(2)6-5-7-13(18)3/h5-10H,4,11H2,1-3H3,(H,20,21)(H,22,23). The number of ether oxygens (including phenoxy) is 1. The molecule has 1 aromatic heterocycles. The SMILES string of the molecule is CCOc1ccc2nc(SCC(=O)Nc3c(C)cccc3C)[nH]c2c1. The Labute approximate surface area is 151 Å².